The Morgan fingerprint density at radius 1 is 0.867 bits per heavy atom. The predicted octanol–water partition coefficient (Wildman–Crippen LogP) is 1.54. The van der Waals surface area contributed by atoms with Gasteiger partial charge in [-0.15, -0.1) is 0 Å². The molecule has 0 unspecified atom stereocenters. The van der Waals surface area contributed by atoms with Crippen LogP contribution in [-0.2, 0) is 4.79 Å². The second-order valence-electron chi connectivity index (χ2n) is 9.49. The normalized spacial score (nSPS) is 17.6. The molecule has 4 nitrogen and oxygen atoms in total. The Bertz CT molecular complexity index is 401. The van der Waals surface area contributed by atoms with Crippen LogP contribution in [0.5, 0.6) is 0 Å². The highest BCUT2D eigenvalue weighted by molar-refractivity contribution is 5.68. The molecule has 0 heterocycles. The first-order valence-corrected chi connectivity index (χ1v) is 12.7. The fourth-order valence-corrected chi connectivity index (χ4v) is 5.63. The summed E-state index contributed by atoms with van der Waals surface area (Å²) in [6, 6.07) is 0. The van der Waals surface area contributed by atoms with E-state index < -0.39 is 5.97 Å². The third-order valence-electron chi connectivity index (χ3n) is 7.74. The van der Waals surface area contributed by atoms with Crippen molar-refractivity contribution in [2.24, 2.45) is 17.8 Å². The third kappa shape index (κ3) is 10.5. The molecule has 0 aliphatic heterocycles. The maximum absolute atomic E-state index is 11.2. The highest BCUT2D eigenvalue weighted by Gasteiger charge is 2.33. The number of carbonyl (C=O) groups is 1. The van der Waals surface area contributed by atoms with Gasteiger partial charge in [-0.1, -0.05) is 51.9 Å². The molecule has 0 saturated heterocycles. The van der Waals surface area contributed by atoms with Gasteiger partial charge in [0, 0.05) is 11.9 Å². The largest absolute Gasteiger partial charge is 1.00 e. The number of aliphatic hydroxyl groups is 1. The van der Waals surface area contributed by atoms with Crippen molar-refractivity contribution in [1.82, 2.24) is 0 Å². The minimum absolute atomic E-state index is 0. The molecule has 0 aromatic rings. The lowest BCUT2D eigenvalue weighted by molar-refractivity contribution is -0.925. The number of unbranched alkanes of at least 4 members (excludes halogenated alkanes) is 4. The van der Waals surface area contributed by atoms with Crippen LogP contribution >= 0.6 is 0 Å². The molecule has 0 spiro atoms. The second-order valence-corrected chi connectivity index (χ2v) is 9.49. The van der Waals surface area contributed by atoms with E-state index in [1.807, 2.05) is 0 Å². The van der Waals surface area contributed by atoms with Crippen LogP contribution in [-0.4, -0.2) is 48.3 Å². The molecule has 0 aromatic carbocycles. The van der Waals surface area contributed by atoms with E-state index in [2.05, 4.69) is 20.8 Å². The van der Waals surface area contributed by atoms with Crippen molar-refractivity contribution in [3.05, 3.63) is 0 Å². The number of nitrogens with zero attached hydrogens (tertiary/aromatic N) is 1. The van der Waals surface area contributed by atoms with Crippen LogP contribution in [0.3, 0.4) is 0 Å². The number of carboxylic acid groups (broad SMARTS) is 1. The highest BCUT2D eigenvalue weighted by atomic mass is 79.9. The van der Waals surface area contributed by atoms with Gasteiger partial charge in [0.25, 0.3) is 0 Å². The molecule has 2 rings (SSSR count). The lowest BCUT2D eigenvalue weighted by atomic mass is 9.79. The fraction of sp³-hybridized carbons (Fsp3) is 0.960. The van der Waals surface area contributed by atoms with Crippen molar-refractivity contribution >= 4 is 5.97 Å². The van der Waals surface area contributed by atoms with Gasteiger partial charge in [-0.05, 0) is 64.2 Å². The molecule has 2 aliphatic carbocycles. The summed E-state index contributed by atoms with van der Waals surface area (Å²) in [7, 11) is 0. The smallest absolute Gasteiger partial charge is 0.102 e. The van der Waals surface area contributed by atoms with Gasteiger partial charge in [-0.2, -0.15) is 0 Å². The number of aliphatic hydroxyl groups excluding tert-OH is 1. The predicted molar refractivity (Wildman–Crippen MR) is 119 cm³/mol. The molecule has 30 heavy (non-hydrogen) atoms. The molecular formula is C25H49BrNO3-. The quantitative estimate of drug-likeness (QED) is 0.314. The van der Waals surface area contributed by atoms with Crippen molar-refractivity contribution in [3.63, 3.8) is 0 Å². The standard InChI is InChI=1S/C13H30NO.C12H20O2.BrH/c1-4-7-8-9-10-11-14(5-2,6-3)12-13-15;13-12(14)11(9-5-1-2-6-9)10-7-3-4-8-10;/h15H,4-13H2,1-3H3;9-11H,1-8H2,(H,13,14);1H/q+1;;/p-2. The lowest BCUT2D eigenvalue weighted by Gasteiger charge is -2.36. The molecule has 180 valence electrons. The number of quaternary nitrogens is 1. The zero-order valence-electron chi connectivity index (χ0n) is 20.0. The Morgan fingerprint density at radius 2 is 1.33 bits per heavy atom. The molecule has 2 aliphatic rings. The minimum Gasteiger partial charge on any atom is -1.00 e. The highest BCUT2D eigenvalue weighted by Crippen LogP contribution is 2.41. The minimum atomic E-state index is -0.774. The van der Waals surface area contributed by atoms with Crippen molar-refractivity contribution in [2.75, 3.05) is 32.8 Å². The Hall–Kier alpha value is -0.130. The first-order valence-electron chi connectivity index (χ1n) is 12.7. The second kappa shape index (κ2) is 17.4. The number of rotatable bonds is 13. The number of carbonyl (C=O) groups excluding carboxylic acids is 1. The van der Waals surface area contributed by atoms with Gasteiger partial charge in [0.1, 0.15) is 6.54 Å². The van der Waals surface area contributed by atoms with Crippen LogP contribution in [0.1, 0.15) is 104 Å². The number of halogens is 1. The maximum Gasteiger partial charge on any atom is 0.102 e. The summed E-state index contributed by atoms with van der Waals surface area (Å²) in [4.78, 5) is 11.2. The number of aliphatic carboxylic acids is 1. The maximum atomic E-state index is 11.2. The SMILES string of the molecule is CCCCCCC[N+](CC)(CC)CCO.O=C([O-])C(C1CCCC1)C1CCCC1.[Br-]. The first kappa shape index (κ1) is 29.9. The zero-order valence-corrected chi connectivity index (χ0v) is 21.6. The Kier molecular flexibility index (Phi) is 17.4. The van der Waals surface area contributed by atoms with Crippen LogP contribution in [0.25, 0.3) is 0 Å². The van der Waals surface area contributed by atoms with Crippen molar-refractivity contribution in [1.29, 1.82) is 0 Å². The average molecular weight is 492 g/mol. The molecule has 0 bridgehead atoms. The van der Waals surface area contributed by atoms with E-state index in [0.717, 1.165) is 49.8 Å². The summed E-state index contributed by atoms with van der Waals surface area (Å²) in [6.07, 6.45) is 16.1. The average Bonchev–Trinajstić information content (AvgIpc) is 3.42. The van der Waals surface area contributed by atoms with E-state index in [9.17, 15) is 9.90 Å². The van der Waals surface area contributed by atoms with E-state index in [0.29, 0.717) is 18.4 Å². The van der Waals surface area contributed by atoms with Crippen molar-refractivity contribution in [3.8, 4) is 0 Å². The van der Waals surface area contributed by atoms with Crippen LogP contribution in [0.2, 0.25) is 0 Å². The topological polar surface area (TPSA) is 60.4 Å². The zero-order chi connectivity index (χ0) is 21.5. The van der Waals surface area contributed by atoms with Gasteiger partial charge in [0.15, 0.2) is 0 Å². The summed E-state index contributed by atoms with van der Waals surface area (Å²) in [6.45, 7) is 11.6. The van der Waals surface area contributed by atoms with E-state index in [1.54, 1.807) is 0 Å². The van der Waals surface area contributed by atoms with Gasteiger partial charge in [-0.25, -0.2) is 0 Å². The van der Waals surface area contributed by atoms with Crippen LogP contribution < -0.4 is 22.1 Å². The van der Waals surface area contributed by atoms with Crippen LogP contribution in [0.15, 0.2) is 0 Å². The molecular weight excluding hydrogens is 442 g/mol. The Labute approximate surface area is 197 Å². The fourth-order valence-electron chi connectivity index (χ4n) is 5.63. The molecule has 5 heteroatoms. The molecule has 0 radical (unpaired) electrons. The van der Waals surface area contributed by atoms with Crippen molar-refractivity contribution < 1.29 is 36.5 Å². The summed E-state index contributed by atoms with van der Waals surface area (Å²) < 4.78 is 1.10. The summed E-state index contributed by atoms with van der Waals surface area (Å²) in [5.41, 5.74) is 0. The van der Waals surface area contributed by atoms with Gasteiger partial charge >= 0.3 is 0 Å². The first-order chi connectivity index (χ1) is 14.0. The summed E-state index contributed by atoms with van der Waals surface area (Å²) >= 11 is 0. The number of hydrogen-bond acceptors (Lipinski definition) is 3. The molecule has 0 atom stereocenters. The summed E-state index contributed by atoms with van der Waals surface area (Å²) in [5.74, 6) is -0.0324. The molecule has 2 saturated carbocycles. The summed E-state index contributed by atoms with van der Waals surface area (Å²) in [5, 5.41) is 20.3. The van der Waals surface area contributed by atoms with E-state index in [4.69, 9.17) is 5.11 Å². The van der Waals surface area contributed by atoms with E-state index >= 15 is 0 Å². The number of hydrogen-bond donors (Lipinski definition) is 1. The Morgan fingerprint density at radius 3 is 1.70 bits per heavy atom. The lowest BCUT2D eigenvalue weighted by Crippen LogP contribution is -3.00. The molecule has 2 fully saturated rings. The molecule has 1 N–H and O–H groups in total. The van der Waals surface area contributed by atoms with E-state index in [1.165, 1.54) is 64.3 Å². The van der Waals surface area contributed by atoms with Crippen molar-refractivity contribution in [2.45, 2.75) is 104 Å². The van der Waals surface area contributed by atoms with Crippen LogP contribution in [0.4, 0.5) is 0 Å². The molecule has 0 aromatic heterocycles. The number of likely N-dealkylation sites (N-methyl/N-ethyl adjacent to an activating group) is 1. The van der Waals surface area contributed by atoms with Gasteiger partial charge in [0.05, 0.1) is 26.2 Å². The third-order valence-corrected chi connectivity index (χ3v) is 7.74. The molecule has 0 amide bonds. The van der Waals surface area contributed by atoms with Gasteiger partial charge in [-0.3, -0.25) is 0 Å². The number of carboxylic acids is 1. The van der Waals surface area contributed by atoms with Gasteiger partial charge < -0.3 is 36.5 Å². The monoisotopic (exact) mass is 490 g/mol. The Balaban J connectivity index is 0.000000543. The van der Waals surface area contributed by atoms with E-state index in [-0.39, 0.29) is 22.9 Å². The van der Waals surface area contributed by atoms with Crippen LogP contribution in [0, 0.1) is 17.8 Å². The van der Waals surface area contributed by atoms with Gasteiger partial charge in [0.2, 0.25) is 0 Å².